The molecule has 1 aliphatic rings. The highest BCUT2D eigenvalue weighted by Crippen LogP contribution is 2.24. The molecule has 0 radical (unpaired) electrons. The average molecular weight is 229 g/mol. The first-order valence-electron chi connectivity index (χ1n) is 5.53. The minimum absolute atomic E-state index is 0.219. The largest absolute Gasteiger partial charge is 0.465 e. The SMILES string of the molecule is CCOC(=O)CNCCCC1(C)OC=CO1. The molecule has 16 heavy (non-hydrogen) atoms. The summed E-state index contributed by atoms with van der Waals surface area (Å²) in [6, 6.07) is 0. The van der Waals surface area contributed by atoms with Crippen molar-refractivity contribution in [2.24, 2.45) is 0 Å². The molecule has 92 valence electrons. The summed E-state index contributed by atoms with van der Waals surface area (Å²) in [5.74, 6) is -0.755. The molecule has 0 aromatic rings. The minimum atomic E-state index is -0.536. The predicted octanol–water partition coefficient (Wildman–Crippen LogP) is 1.15. The van der Waals surface area contributed by atoms with Crippen molar-refractivity contribution in [2.75, 3.05) is 19.7 Å². The Labute approximate surface area is 95.7 Å². The Kier molecular flexibility index (Phi) is 5.11. The van der Waals surface area contributed by atoms with Crippen molar-refractivity contribution in [3.8, 4) is 0 Å². The maximum absolute atomic E-state index is 11.0. The van der Waals surface area contributed by atoms with Crippen LogP contribution in [0.15, 0.2) is 12.5 Å². The lowest BCUT2D eigenvalue weighted by molar-refractivity contribution is -0.142. The maximum Gasteiger partial charge on any atom is 0.319 e. The van der Waals surface area contributed by atoms with Gasteiger partial charge in [0.1, 0.15) is 12.5 Å². The molecule has 1 N–H and O–H groups in total. The van der Waals surface area contributed by atoms with Crippen LogP contribution in [0.25, 0.3) is 0 Å². The van der Waals surface area contributed by atoms with Crippen LogP contribution in [0.5, 0.6) is 0 Å². The highest BCUT2D eigenvalue weighted by atomic mass is 16.7. The quantitative estimate of drug-likeness (QED) is 0.524. The second kappa shape index (κ2) is 6.37. The maximum atomic E-state index is 11.0. The molecule has 1 heterocycles. The molecule has 0 aliphatic carbocycles. The minimum Gasteiger partial charge on any atom is -0.465 e. The van der Waals surface area contributed by atoms with E-state index in [0.29, 0.717) is 6.61 Å². The molecule has 0 unspecified atom stereocenters. The zero-order valence-electron chi connectivity index (χ0n) is 9.82. The summed E-state index contributed by atoms with van der Waals surface area (Å²) in [5, 5.41) is 3.01. The van der Waals surface area contributed by atoms with E-state index in [2.05, 4.69) is 5.32 Å². The van der Waals surface area contributed by atoms with Gasteiger partial charge in [-0.1, -0.05) is 0 Å². The fraction of sp³-hybridized carbons (Fsp3) is 0.727. The molecule has 0 saturated heterocycles. The van der Waals surface area contributed by atoms with Crippen molar-refractivity contribution in [3.63, 3.8) is 0 Å². The fourth-order valence-electron chi connectivity index (χ4n) is 1.43. The van der Waals surface area contributed by atoms with Gasteiger partial charge in [-0.05, 0) is 19.9 Å². The van der Waals surface area contributed by atoms with Gasteiger partial charge in [0, 0.05) is 13.3 Å². The van der Waals surface area contributed by atoms with Crippen LogP contribution in [0.4, 0.5) is 0 Å². The molecule has 0 aromatic heterocycles. The summed E-state index contributed by atoms with van der Waals surface area (Å²) in [6.45, 7) is 5.09. The van der Waals surface area contributed by atoms with Crippen LogP contribution in [-0.4, -0.2) is 31.5 Å². The van der Waals surface area contributed by atoms with Crippen molar-refractivity contribution in [1.82, 2.24) is 5.32 Å². The van der Waals surface area contributed by atoms with E-state index in [9.17, 15) is 4.79 Å². The number of hydrogen-bond donors (Lipinski definition) is 1. The van der Waals surface area contributed by atoms with Crippen LogP contribution in [0.2, 0.25) is 0 Å². The van der Waals surface area contributed by atoms with Gasteiger partial charge in [0.05, 0.1) is 13.2 Å². The van der Waals surface area contributed by atoms with Crippen LogP contribution in [0.1, 0.15) is 26.7 Å². The van der Waals surface area contributed by atoms with Crippen molar-refractivity contribution in [2.45, 2.75) is 32.5 Å². The third-order valence-corrected chi connectivity index (χ3v) is 2.25. The molecule has 0 fully saturated rings. The Morgan fingerprint density at radius 3 is 2.75 bits per heavy atom. The first kappa shape index (κ1) is 12.8. The third kappa shape index (κ3) is 4.53. The van der Waals surface area contributed by atoms with Crippen LogP contribution < -0.4 is 5.32 Å². The van der Waals surface area contributed by atoms with Crippen LogP contribution in [0.3, 0.4) is 0 Å². The van der Waals surface area contributed by atoms with E-state index >= 15 is 0 Å². The normalized spacial score (nSPS) is 16.6. The number of carbonyl (C=O) groups excluding carboxylic acids is 1. The van der Waals surface area contributed by atoms with E-state index in [4.69, 9.17) is 14.2 Å². The number of rotatable bonds is 7. The Morgan fingerprint density at radius 1 is 1.44 bits per heavy atom. The van der Waals surface area contributed by atoms with Gasteiger partial charge in [-0.2, -0.15) is 0 Å². The summed E-state index contributed by atoms with van der Waals surface area (Å²) >= 11 is 0. The van der Waals surface area contributed by atoms with E-state index in [-0.39, 0.29) is 12.5 Å². The molecule has 0 amide bonds. The third-order valence-electron chi connectivity index (χ3n) is 2.25. The number of hydrogen-bond acceptors (Lipinski definition) is 5. The monoisotopic (exact) mass is 229 g/mol. The van der Waals surface area contributed by atoms with Crippen molar-refractivity contribution in [3.05, 3.63) is 12.5 Å². The molecule has 0 bridgehead atoms. The molecule has 0 aromatic carbocycles. The van der Waals surface area contributed by atoms with Gasteiger partial charge in [-0.15, -0.1) is 0 Å². The van der Waals surface area contributed by atoms with Crippen LogP contribution in [-0.2, 0) is 19.0 Å². The highest BCUT2D eigenvalue weighted by molar-refractivity contribution is 5.71. The summed E-state index contributed by atoms with van der Waals surface area (Å²) in [7, 11) is 0. The Hall–Kier alpha value is -1.23. The Bertz CT molecular complexity index is 244. The predicted molar refractivity (Wildman–Crippen MR) is 58.5 cm³/mol. The molecule has 5 nitrogen and oxygen atoms in total. The zero-order chi connectivity index (χ0) is 11.9. The van der Waals surface area contributed by atoms with Gasteiger partial charge in [0.25, 0.3) is 0 Å². The molecule has 0 atom stereocenters. The van der Waals surface area contributed by atoms with Gasteiger partial charge in [-0.3, -0.25) is 4.79 Å². The zero-order valence-corrected chi connectivity index (χ0v) is 9.82. The lowest BCUT2D eigenvalue weighted by Crippen LogP contribution is -2.29. The number of carbonyl (C=O) groups is 1. The highest BCUT2D eigenvalue weighted by Gasteiger charge is 2.28. The van der Waals surface area contributed by atoms with Gasteiger partial charge in [0.15, 0.2) is 0 Å². The smallest absolute Gasteiger partial charge is 0.319 e. The van der Waals surface area contributed by atoms with E-state index in [1.807, 2.05) is 6.92 Å². The van der Waals surface area contributed by atoms with E-state index in [0.717, 1.165) is 19.4 Å². The summed E-state index contributed by atoms with van der Waals surface area (Å²) < 4.78 is 15.3. The molecular weight excluding hydrogens is 210 g/mol. The molecule has 5 heteroatoms. The van der Waals surface area contributed by atoms with E-state index in [1.54, 1.807) is 19.4 Å². The van der Waals surface area contributed by atoms with Gasteiger partial charge < -0.3 is 19.5 Å². The number of nitrogens with one attached hydrogen (secondary N) is 1. The van der Waals surface area contributed by atoms with Gasteiger partial charge in [-0.25, -0.2) is 0 Å². The standard InChI is InChI=1S/C11H19NO4/c1-3-14-10(13)9-12-6-4-5-11(2)15-7-8-16-11/h7-8,12H,3-6,9H2,1-2H3. The molecule has 0 spiro atoms. The van der Waals surface area contributed by atoms with Crippen molar-refractivity contribution >= 4 is 5.97 Å². The number of esters is 1. The molecule has 1 rings (SSSR count). The average Bonchev–Trinajstić information content (AvgIpc) is 2.65. The Morgan fingerprint density at radius 2 is 2.12 bits per heavy atom. The van der Waals surface area contributed by atoms with E-state index < -0.39 is 5.79 Å². The summed E-state index contributed by atoms with van der Waals surface area (Å²) in [4.78, 5) is 11.0. The van der Waals surface area contributed by atoms with E-state index in [1.165, 1.54) is 0 Å². The second-order valence-electron chi connectivity index (χ2n) is 3.73. The first-order chi connectivity index (χ1) is 7.66. The lowest BCUT2D eigenvalue weighted by Gasteiger charge is -2.22. The van der Waals surface area contributed by atoms with Crippen molar-refractivity contribution in [1.29, 1.82) is 0 Å². The summed E-state index contributed by atoms with van der Waals surface area (Å²) in [6.07, 6.45) is 4.74. The molecule has 1 aliphatic heterocycles. The first-order valence-corrected chi connectivity index (χ1v) is 5.53. The lowest BCUT2D eigenvalue weighted by atomic mass is 10.1. The molecular formula is C11H19NO4. The topological polar surface area (TPSA) is 56.8 Å². The second-order valence-corrected chi connectivity index (χ2v) is 3.73. The molecule has 0 saturated carbocycles. The van der Waals surface area contributed by atoms with Crippen LogP contribution >= 0.6 is 0 Å². The van der Waals surface area contributed by atoms with Crippen LogP contribution in [0, 0.1) is 0 Å². The number of ether oxygens (including phenoxy) is 3. The van der Waals surface area contributed by atoms with Gasteiger partial charge in [0.2, 0.25) is 5.79 Å². The fourth-order valence-corrected chi connectivity index (χ4v) is 1.43. The Balaban J connectivity index is 1.98. The summed E-state index contributed by atoms with van der Waals surface area (Å²) in [5.41, 5.74) is 0. The van der Waals surface area contributed by atoms with Crippen molar-refractivity contribution < 1.29 is 19.0 Å². The van der Waals surface area contributed by atoms with Gasteiger partial charge >= 0.3 is 5.97 Å².